The Morgan fingerprint density at radius 3 is 2.25 bits per heavy atom. The molecule has 1 saturated carbocycles. The summed E-state index contributed by atoms with van der Waals surface area (Å²) in [5.41, 5.74) is 0. The van der Waals surface area contributed by atoms with Crippen LogP contribution in [0.4, 0.5) is 0 Å². The maximum Gasteiger partial charge on any atom is 0.282 e. The molecule has 0 radical (unpaired) electrons. The monoisotopic (exact) mass is 303 g/mol. The Morgan fingerprint density at radius 1 is 1.20 bits per heavy atom. The van der Waals surface area contributed by atoms with Crippen LogP contribution in [0.15, 0.2) is 0 Å². The molecule has 0 aromatic rings. The molecule has 1 aliphatic heterocycles. The number of hydrogen-bond donors (Lipinski definition) is 1. The highest BCUT2D eigenvalue weighted by atomic mass is 32.2. The van der Waals surface area contributed by atoms with Gasteiger partial charge in [-0.2, -0.15) is 17.0 Å². The fraction of sp³-hybridized carbons (Fsp3) is 1.00. The summed E-state index contributed by atoms with van der Waals surface area (Å²) in [7, 11) is -1.29. The standard InChI is InChI=1S/C14H29N3O2S/c1-12(2)11-17(14-4-5-14)20(18,19)16-8-6-13(7-9-16)10-15-3/h12-15H,4-11H2,1-3H3. The number of hydrogen-bond acceptors (Lipinski definition) is 3. The van der Waals surface area contributed by atoms with Crippen molar-refractivity contribution in [1.82, 2.24) is 13.9 Å². The lowest BCUT2D eigenvalue weighted by molar-refractivity contribution is 0.244. The van der Waals surface area contributed by atoms with Gasteiger partial charge in [0.15, 0.2) is 0 Å². The predicted octanol–water partition coefficient (Wildman–Crippen LogP) is 1.28. The smallest absolute Gasteiger partial charge is 0.282 e. The van der Waals surface area contributed by atoms with E-state index in [2.05, 4.69) is 19.2 Å². The van der Waals surface area contributed by atoms with Crippen molar-refractivity contribution < 1.29 is 8.42 Å². The van der Waals surface area contributed by atoms with Gasteiger partial charge in [-0.05, 0) is 51.1 Å². The van der Waals surface area contributed by atoms with E-state index in [0.29, 0.717) is 31.5 Å². The van der Waals surface area contributed by atoms with Crippen LogP contribution in [-0.2, 0) is 10.2 Å². The lowest BCUT2D eigenvalue weighted by Crippen LogP contribution is -2.49. The van der Waals surface area contributed by atoms with Crippen LogP contribution in [0.5, 0.6) is 0 Å². The van der Waals surface area contributed by atoms with Gasteiger partial charge in [0.2, 0.25) is 0 Å². The Hall–Kier alpha value is -0.170. The van der Waals surface area contributed by atoms with Crippen LogP contribution < -0.4 is 5.32 Å². The summed E-state index contributed by atoms with van der Waals surface area (Å²) in [4.78, 5) is 0. The normalized spacial score (nSPS) is 22.9. The molecule has 0 bridgehead atoms. The summed E-state index contributed by atoms with van der Waals surface area (Å²) in [5.74, 6) is 0.998. The Kier molecular flexibility index (Phi) is 5.45. The van der Waals surface area contributed by atoms with E-state index in [4.69, 9.17) is 0 Å². The highest BCUT2D eigenvalue weighted by Gasteiger charge is 2.41. The average Bonchev–Trinajstić information content (AvgIpc) is 3.21. The molecule has 2 aliphatic rings. The molecular weight excluding hydrogens is 274 g/mol. The first-order valence-corrected chi connectivity index (χ1v) is 9.26. The van der Waals surface area contributed by atoms with Crippen LogP contribution in [0.1, 0.15) is 39.5 Å². The molecule has 118 valence electrons. The minimum atomic E-state index is -3.25. The lowest BCUT2D eigenvalue weighted by atomic mass is 9.98. The SMILES string of the molecule is CNCC1CCN(S(=O)(=O)N(CC(C)C)C2CC2)CC1. The van der Waals surface area contributed by atoms with Crippen LogP contribution >= 0.6 is 0 Å². The third-order valence-corrected chi connectivity index (χ3v) is 6.25. The molecule has 0 spiro atoms. The summed E-state index contributed by atoms with van der Waals surface area (Å²) in [6.07, 6.45) is 4.00. The molecule has 5 nitrogen and oxygen atoms in total. The first-order valence-electron chi connectivity index (χ1n) is 7.86. The summed E-state index contributed by atoms with van der Waals surface area (Å²) in [5, 5.41) is 3.19. The zero-order chi connectivity index (χ0) is 14.8. The van der Waals surface area contributed by atoms with E-state index in [9.17, 15) is 8.42 Å². The molecule has 0 atom stereocenters. The van der Waals surface area contributed by atoms with E-state index >= 15 is 0 Å². The predicted molar refractivity (Wildman–Crippen MR) is 81.7 cm³/mol. The van der Waals surface area contributed by atoms with Crippen LogP contribution in [0, 0.1) is 11.8 Å². The molecule has 0 aromatic heterocycles. The number of nitrogens with zero attached hydrogens (tertiary/aromatic N) is 2. The largest absolute Gasteiger partial charge is 0.319 e. The van der Waals surface area contributed by atoms with Crippen LogP contribution in [0.2, 0.25) is 0 Å². The molecule has 1 aliphatic carbocycles. The maximum absolute atomic E-state index is 12.8. The van der Waals surface area contributed by atoms with Crippen molar-refractivity contribution in [3.8, 4) is 0 Å². The highest BCUT2D eigenvalue weighted by molar-refractivity contribution is 7.86. The summed E-state index contributed by atoms with van der Waals surface area (Å²) in [6.45, 7) is 7.18. The van der Waals surface area contributed by atoms with Gasteiger partial charge < -0.3 is 5.32 Å². The molecule has 20 heavy (non-hydrogen) atoms. The fourth-order valence-electron chi connectivity index (χ4n) is 2.94. The molecule has 0 unspecified atom stereocenters. The van der Waals surface area contributed by atoms with E-state index in [1.165, 1.54) is 0 Å². The Bertz CT molecular complexity index is 399. The van der Waals surface area contributed by atoms with E-state index in [1.54, 1.807) is 8.61 Å². The molecule has 2 fully saturated rings. The van der Waals surface area contributed by atoms with Crippen LogP contribution in [-0.4, -0.2) is 56.3 Å². The Morgan fingerprint density at radius 2 is 1.80 bits per heavy atom. The van der Waals surface area contributed by atoms with Crippen molar-refractivity contribution in [3.63, 3.8) is 0 Å². The summed E-state index contributed by atoms with van der Waals surface area (Å²) < 4.78 is 29.1. The van der Waals surface area contributed by atoms with E-state index in [-0.39, 0.29) is 6.04 Å². The van der Waals surface area contributed by atoms with Crippen molar-refractivity contribution in [2.75, 3.05) is 33.2 Å². The van der Waals surface area contributed by atoms with Crippen molar-refractivity contribution in [2.24, 2.45) is 11.8 Å². The van der Waals surface area contributed by atoms with Gasteiger partial charge in [-0.25, -0.2) is 0 Å². The topological polar surface area (TPSA) is 52.7 Å². The van der Waals surface area contributed by atoms with Gasteiger partial charge in [0.1, 0.15) is 0 Å². The molecular formula is C14H29N3O2S. The van der Waals surface area contributed by atoms with Crippen molar-refractivity contribution >= 4 is 10.2 Å². The molecule has 0 amide bonds. The quantitative estimate of drug-likeness (QED) is 0.771. The van der Waals surface area contributed by atoms with Gasteiger partial charge in [-0.3, -0.25) is 0 Å². The van der Waals surface area contributed by atoms with Gasteiger partial charge in [0.05, 0.1) is 0 Å². The second-order valence-electron chi connectivity index (χ2n) is 6.60. The Labute approximate surface area is 123 Å². The number of piperidine rings is 1. The summed E-state index contributed by atoms with van der Waals surface area (Å²) >= 11 is 0. The minimum Gasteiger partial charge on any atom is -0.319 e. The first-order chi connectivity index (χ1) is 9.45. The highest BCUT2D eigenvalue weighted by Crippen LogP contribution is 2.32. The fourth-order valence-corrected chi connectivity index (χ4v) is 4.98. The first kappa shape index (κ1) is 16.2. The molecule has 6 heteroatoms. The van der Waals surface area contributed by atoms with Gasteiger partial charge in [0, 0.05) is 25.7 Å². The molecule has 1 saturated heterocycles. The molecule has 2 rings (SSSR count). The van der Waals surface area contributed by atoms with Gasteiger partial charge in [-0.15, -0.1) is 0 Å². The second-order valence-corrected chi connectivity index (χ2v) is 8.48. The lowest BCUT2D eigenvalue weighted by Gasteiger charge is -2.35. The minimum absolute atomic E-state index is 0.262. The van der Waals surface area contributed by atoms with Crippen molar-refractivity contribution in [2.45, 2.75) is 45.6 Å². The van der Waals surface area contributed by atoms with E-state index in [0.717, 1.165) is 32.2 Å². The third kappa shape index (κ3) is 3.93. The summed E-state index contributed by atoms with van der Waals surface area (Å²) in [6, 6.07) is 0.262. The van der Waals surface area contributed by atoms with E-state index in [1.807, 2.05) is 7.05 Å². The molecule has 0 aromatic carbocycles. The van der Waals surface area contributed by atoms with Crippen LogP contribution in [0.3, 0.4) is 0 Å². The van der Waals surface area contributed by atoms with Crippen LogP contribution in [0.25, 0.3) is 0 Å². The zero-order valence-corrected chi connectivity index (χ0v) is 13.8. The molecule has 1 N–H and O–H groups in total. The van der Waals surface area contributed by atoms with Gasteiger partial charge >= 0.3 is 0 Å². The number of rotatable bonds is 7. The van der Waals surface area contributed by atoms with Crippen molar-refractivity contribution in [3.05, 3.63) is 0 Å². The maximum atomic E-state index is 12.8. The Balaban J connectivity index is 1.98. The van der Waals surface area contributed by atoms with Gasteiger partial charge in [-0.1, -0.05) is 13.8 Å². The van der Waals surface area contributed by atoms with Gasteiger partial charge in [0.25, 0.3) is 10.2 Å². The number of nitrogens with one attached hydrogen (secondary N) is 1. The second kappa shape index (κ2) is 6.73. The molecule has 1 heterocycles. The third-order valence-electron chi connectivity index (χ3n) is 4.19. The average molecular weight is 303 g/mol. The zero-order valence-electron chi connectivity index (χ0n) is 13.0. The van der Waals surface area contributed by atoms with E-state index < -0.39 is 10.2 Å². The van der Waals surface area contributed by atoms with Crippen molar-refractivity contribution in [1.29, 1.82) is 0 Å².